The molecule has 2 saturated heterocycles. The predicted octanol–water partition coefficient (Wildman–Crippen LogP) is 3.12. The van der Waals surface area contributed by atoms with Crippen molar-refractivity contribution in [3.63, 3.8) is 0 Å². The van der Waals surface area contributed by atoms with Gasteiger partial charge in [-0.2, -0.15) is 13.2 Å². The number of rotatable bonds is 3. The standard InChI is InChI=1S/C22H30F3N3O2/c23-22(24,25)17-5-3-6-18(15-17)26-11-13-27(14-12-26)19-7-4-10-28(16-19)20(29)21(30)8-1-2-9-21/h3,5-6,15,19,30H,1-2,4,7-14,16H2. The summed E-state index contributed by atoms with van der Waals surface area (Å²) in [5, 5.41) is 10.7. The Morgan fingerprint density at radius 2 is 1.73 bits per heavy atom. The zero-order valence-electron chi connectivity index (χ0n) is 17.2. The summed E-state index contributed by atoms with van der Waals surface area (Å²) < 4.78 is 39.0. The fourth-order valence-corrected chi connectivity index (χ4v) is 5.13. The van der Waals surface area contributed by atoms with Crippen LogP contribution in [0.3, 0.4) is 0 Å². The van der Waals surface area contributed by atoms with Crippen molar-refractivity contribution in [3.05, 3.63) is 29.8 Å². The minimum absolute atomic E-state index is 0.118. The van der Waals surface area contributed by atoms with Gasteiger partial charge in [-0.25, -0.2) is 0 Å². The number of carbonyl (C=O) groups is 1. The number of aliphatic hydroxyl groups is 1. The molecule has 0 radical (unpaired) electrons. The van der Waals surface area contributed by atoms with Gasteiger partial charge in [0.05, 0.1) is 5.56 Å². The van der Waals surface area contributed by atoms with Gasteiger partial charge in [-0.3, -0.25) is 9.69 Å². The van der Waals surface area contributed by atoms with E-state index in [-0.39, 0.29) is 11.9 Å². The van der Waals surface area contributed by atoms with E-state index in [2.05, 4.69) is 4.90 Å². The minimum atomic E-state index is -4.33. The van der Waals surface area contributed by atoms with Gasteiger partial charge >= 0.3 is 6.18 Å². The number of amides is 1. The van der Waals surface area contributed by atoms with E-state index in [1.54, 1.807) is 6.07 Å². The first-order valence-corrected chi connectivity index (χ1v) is 10.9. The molecule has 1 atom stereocenters. The number of hydrogen-bond donors (Lipinski definition) is 1. The third-order valence-electron chi connectivity index (χ3n) is 6.88. The Morgan fingerprint density at radius 3 is 2.40 bits per heavy atom. The summed E-state index contributed by atoms with van der Waals surface area (Å²) in [6, 6.07) is 5.76. The minimum Gasteiger partial charge on any atom is -0.380 e. The maximum atomic E-state index is 13.0. The lowest BCUT2D eigenvalue weighted by Gasteiger charge is -2.45. The molecule has 1 amide bonds. The number of hydrogen-bond acceptors (Lipinski definition) is 4. The molecule has 1 saturated carbocycles. The normalized spacial score (nSPS) is 25.5. The molecule has 1 aromatic carbocycles. The highest BCUT2D eigenvalue weighted by Crippen LogP contribution is 2.33. The molecule has 166 valence electrons. The second-order valence-corrected chi connectivity index (χ2v) is 8.86. The second-order valence-electron chi connectivity index (χ2n) is 8.86. The topological polar surface area (TPSA) is 47.0 Å². The van der Waals surface area contributed by atoms with Crippen LogP contribution in [0.2, 0.25) is 0 Å². The zero-order chi connectivity index (χ0) is 21.4. The van der Waals surface area contributed by atoms with Crippen molar-refractivity contribution in [1.29, 1.82) is 0 Å². The van der Waals surface area contributed by atoms with Crippen molar-refractivity contribution in [2.24, 2.45) is 0 Å². The Bertz CT molecular complexity index is 756. The Morgan fingerprint density at radius 1 is 1.03 bits per heavy atom. The molecular formula is C22H30F3N3O2. The van der Waals surface area contributed by atoms with Gasteiger partial charge in [0.25, 0.3) is 5.91 Å². The average Bonchev–Trinajstić information content (AvgIpc) is 3.21. The van der Waals surface area contributed by atoms with Gasteiger partial charge < -0.3 is 14.9 Å². The molecule has 0 spiro atoms. The molecule has 3 fully saturated rings. The molecule has 1 aromatic rings. The summed E-state index contributed by atoms with van der Waals surface area (Å²) in [5.41, 5.74) is -1.19. The number of halogens is 3. The lowest BCUT2D eigenvalue weighted by molar-refractivity contribution is -0.153. The second kappa shape index (κ2) is 8.38. The predicted molar refractivity (Wildman–Crippen MR) is 108 cm³/mol. The smallest absolute Gasteiger partial charge is 0.380 e. The molecule has 30 heavy (non-hydrogen) atoms. The molecule has 5 nitrogen and oxygen atoms in total. The molecular weight excluding hydrogens is 395 g/mol. The summed E-state index contributed by atoms with van der Waals surface area (Å²) in [6.07, 6.45) is 0.505. The summed E-state index contributed by atoms with van der Waals surface area (Å²) in [6.45, 7) is 4.17. The Kier molecular flexibility index (Phi) is 5.99. The van der Waals surface area contributed by atoms with E-state index in [0.717, 1.165) is 44.8 Å². The highest BCUT2D eigenvalue weighted by atomic mass is 19.4. The SMILES string of the molecule is O=C(N1CCCC(N2CCN(c3cccc(C(F)(F)F)c3)CC2)C1)C1(O)CCCC1. The molecule has 0 aromatic heterocycles. The van der Waals surface area contributed by atoms with E-state index < -0.39 is 17.3 Å². The average molecular weight is 425 g/mol. The number of benzene rings is 1. The Labute approximate surface area is 175 Å². The van der Waals surface area contributed by atoms with Crippen molar-refractivity contribution < 1.29 is 23.1 Å². The quantitative estimate of drug-likeness (QED) is 0.809. The number of nitrogens with zero attached hydrogens (tertiary/aromatic N) is 3. The van der Waals surface area contributed by atoms with Crippen molar-refractivity contribution in [2.45, 2.75) is 56.3 Å². The zero-order valence-corrected chi connectivity index (χ0v) is 17.2. The number of piperazine rings is 1. The lowest BCUT2D eigenvalue weighted by atomic mass is 9.96. The van der Waals surface area contributed by atoms with Crippen molar-refractivity contribution in [1.82, 2.24) is 9.80 Å². The molecule has 1 unspecified atom stereocenters. The summed E-state index contributed by atoms with van der Waals surface area (Å²) in [4.78, 5) is 19.0. The van der Waals surface area contributed by atoms with Crippen molar-refractivity contribution in [3.8, 4) is 0 Å². The van der Waals surface area contributed by atoms with E-state index in [9.17, 15) is 23.1 Å². The van der Waals surface area contributed by atoms with E-state index in [1.165, 1.54) is 12.1 Å². The van der Waals surface area contributed by atoms with Crippen molar-refractivity contribution >= 4 is 11.6 Å². The van der Waals surface area contributed by atoms with Gasteiger partial charge in [-0.05, 0) is 56.7 Å². The summed E-state index contributed by atoms with van der Waals surface area (Å²) in [7, 11) is 0. The van der Waals surface area contributed by atoms with Crippen LogP contribution < -0.4 is 4.90 Å². The van der Waals surface area contributed by atoms with Crippen LogP contribution in [0.4, 0.5) is 18.9 Å². The molecule has 8 heteroatoms. The van der Waals surface area contributed by atoms with E-state index >= 15 is 0 Å². The van der Waals surface area contributed by atoms with Crippen LogP contribution in [-0.2, 0) is 11.0 Å². The van der Waals surface area contributed by atoms with Gasteiger partial charge in [-0.1, -0.05) is 6.07 Å². The Balaban J connectivity index is 1.34. The molecule has 4 rings (SSSR count). The largest absolute Gasteiger partial charge is 0.416 e. The van der Waals surface area contributed by atoms with Crippen LogP contribution in [0, 0.1) is 0 Å². The van der Waals surface area contributed by atoms with Crippen LogP contribution in [0.1, 0.15) is 44.1 Å². The lowest BCUT2D eigenvalue weighted by Crippen LogP contribution is -2.58. The van der Waals surface area contributed by atoms with E-state index in [1.807, 2.05) is 9.80 Å². The maximum Gasteiger partial charge on any atom is 0.416 e. The third-order valence-corrected chi connectivity index (χ3v) is 6.88. The molecule has 0 bridgehead atoms. The number of alkyl halides is 3. The highest BCUT2D eigenvalue weighted by molar-refractivity contribution is 5.85. The van der Waals surface area contributed by atoms with Gasteiger partial charge in [-0.15, -0.1) is 0 Å². The van der Waals surface area contributed by atoms with Crippen LogP contribution >= 0.6 is 0 Å². The molecule has 1 N–H and O–H groups in total. The first-order valence-electron chi connectivity index (χ1n) is 10.9. The molecule has 1 aliphatic carbocycles. The monoisotopic (exact) mass is 425 g/mol. The first kappa shape index (κ1) is 21.4. The van der Waals surface area contributed by atoms with Gasteiger partial charge in [0, 0.05) is 51.0 Å². The van der Waals surface area contributed by atoms with Gasteiger partial charge in [0.2, 0.25) is 0 Å². The fourth-order valence-electron chi connectivity index (χ4n) is 5.13. The van der Waals surface area contributed by atoms with Gasteiger partial charge in [0.15, 0.2) is 0 Å². The third kappa shape index (κ3) is 4.44. The van der Waals surface area contributed by atoms with Crippen LogP contribution in [0.5, 0.6) is 0 Å². The number of carbonyl (C=O) groups excluding carboxylic acids is 1. The van der Waals surface area contributed by atoms with Crippen LogP contribution in [0.15, 0.2) is 24.3 Å². The summed E-state index contributed by atoms with van der Waals surface area (Å²) >= 11 is 0. The highest BCUT2D eigenvalue weighted by Gasteiger charge is 2.43. The first-order chi connectivity index (χ1) is 14.3. The molecule has 2 heterocycles. The van der Waals surface area contributed by atoms with Gasteiger partial charge in [0.1, 0.15) is 5.60 Å². The van der Waals surface area contributed by atoms with E-state index in [4.69, 9.17) is 0 Å². The van der Waals surface area contributed by atoms with Crippen LogP contribution in [-0.4, -0.2) is 71.7 Å². The van der Waals surface area contributed by atoms with Crippen molar-refractivity contribution in [2.75, 3.05) is 44.2 Å². The molecule has 2 aliphatic heterocycles. The number of piperidine rings is 1. The fraction of sp³-hybridized carbons (Fsp3) is 0.682. The maximum absolute atomic E-state index is 13.0. The van der Waals surface area contributed by atoms with Crippen LogP contribution in [0.25, 0.3) is 0 Å². The Hall–Kier alpha value is -1.80. The number of anilines is 1. The number of likely N-dealkylation sites (tertiary alicyclic amines) is 1. The summed E-state index contributed by atoms with van der Waals surface area (Å²) in [5.74, 6) is -0.118. The van der Waals surface area contributed by atoms with E-state index in [0.29, 0.717) is 44.7 Å². The molecule has 3 aliphatic rings.